The van der Waals surface area contributed by atoms with Gasteiger partial charge in [-0.05, 0) is 80.8 Å². The molecule has 2 saturated heterocycles. The summed E-state index contributed by atoms with van der Waals surface area (Å²) in [6, 6.07) is 18.6. The van der Waals surface area contributed by atoms with Gasteiger partial charge in [0.15, 0.2) is 0 Å². The van der Waals surface area contributed by atoms with Crippen LogP contribution in [0.2, 0.25) is 0 Å². The van der Waals surface area contributed by atoms with Crippen molar-refractivity contribution in [2.45, 2.75) is 50.2 Å². The van der Waals surface area contributed by atoms with Gasteiger partial charge in [-0.15, -0.1) is 11.3 Å². The number of benzene rings is 3. The van der Waals surface area contributed by atoms with Crippen molar-refractivity contribution in [2.75, 3.05) is 18.1 Å². The van der Waals surface area contributed by atoms with Gasteiger partial charge in [0.2, 0.25) is 15.9 Å². The van der Waals surface area contributed by atoms with Crippen LogP contribution in [0.25, 0.3) is 20.8 Å². The Morgan fingerprint density at radius 1 is 1.00 bits per heavy atom. The largest absolute Gasteiger partial charge is 0.377 e. The highest BCUT2D eigenvalue weighted by atomic mass is 32.2. The van der Waals surface area contributed by atoms with Crippen LogP contribution in [0.4, 0.5) is 5.69 Å². The Labute approximate surface area is 237 Å². The molecule has 4 aromatic rings. The first-order valence-electron chi connectivity index (χ1n) is 13.3. The average molecular weight is 576 g/mol. The van der Waals surface area contributed by atoms with Gasteiger partial charge in [-0.25, -0.2) is 18.3 Å². The van der Waals surface area contributed by atoms with E-state index in [1.165, 1.54) is 16.4 Å². The van der Waals surface area contributed by atoms with E-state index in [2.05, 4.69) is 6.07 Å². The molecule has 0 saturated carbocycles. The van der Waals surface area contributed by atoms with Crippen LogP contribution in [-0.2, 0) is 24.3 Å². The fourth-order valence-electron chi connectivity index (χ4n) is 5.25. The van der Waals surface area contributed by atoms with E-state index in [-0.39, 0.29) is 24.0 Å². The lowest BCUT2D eigenvalue weighted by molar-refractivity contribution is -0.122. The Morgan fingerprint density at radius 2 is 1.73 bits per heavy atom. The first kappa shape index (κ1) is 26.8. The van der Waals surface area contributed by atoms with Crippen LogP contribution in [0.1, 0.15) is 30.4 Å². The smallest absolute Gasteiger partial charge is 0.252 e. The maximum Gasteiger partial charge on any atom is 0.252 e. The normalized spacial score (nSPS) is 19.8. The summed E-state index contributed by atoms with van der Waals surface area (Å²) >= 11 is 1.58. The van der Waals surface area contributed by atoms with Crippen LogP contribution < -0.4 is 4.90 Å². The zero-order valence-electron chi connectivity index (χ0n) is 22.2. The molecule has 6 rings (SSSR count). The molecule has 1 aromatic heterocycles. The molecule has 0 spiro atoms. The molecular weight excluding hydrogens is 546 g/mol. The van der Waals surface area contributed by atoms with E-state index in [4.69, 9.17) is 9.72 Å². The number of aryl methyl sites for hydroxylation is 2. The van der Waals surface area contributed by atoms with Crippen molar-refractivity contribution >= 4 is 49.1 Å². The monoisotopic (exact) mass is 575 g/mol. The highest BCUT2D eigenvalue weighted by Crippen LogP contribution is 2.34. The fourth-order valence-corrected chi connectivity index (χ4v) is 7.93. The van der Waals surface area contributed by atoms with Crippen LogP contribution in [0.3, 0.4) is 0 Å². The van der Waals surface area contributed by atoms with Crippen molar-refractivity contribution in [3.8, 4) is 10.6 Å². The van der Waals surface area contributed by atoms with Gasteiger partial charge in [-0.2, -0.15) is 4.31 Å². The van der Waals surface area contributed by atoms with E-state index in [1.807, 2.05) is 38.1 Å². The number of amides is 2. The molecule has 3 aromatic carbocycles. The summed E-state index contributed by atoms with van der Waals surface area (Å²) in [5, 5.41) is 0.844. The van der Waals surface area contributed by atoms with Crippen LogP contribution in [0.5, 0.6) is 0 Å². The number of nitrogens with zero attached hydrogens (tertiary/aromatic N) is 3. The quantitative estimate of drug-likeness (QED) is 0.285. The van der Waals surface area contributed by atoms with Crippen molar-refractivity contribution in [1.82, 2.24) is 9.29 Å². The fraction of sp³-hybridized carbons (Fsp3) is 0.300. The summed E-state index contributed by atoms with van der Waals surface area (Å²) < 4.78 is 35.6. The van der Waals surface area contributed by atoms with Gasteiger partial charge in [0.25, 0.3) is 5.91 Å². The summed E-state index contributed by atoms with van der Waals surface area (Å²) in [6.07, 6.45) is 0.975. The molecule has 2 fully saturated rings. The minimum atomic E-state index is -4.06. The number of aromatic nitrogens is 1. The van der Waals surface area contributed by atoms with E-state index in [0.717, 1.165) is 43.2 Å². The minimum absolute atomic E-state index is 0.0176. The molecule has 206 valence electrons. The standard InChI is InChI=1S/C30H29N3O5S2/c1-19-5-12-24(13-6-19)40(36,37)32(18-23-4-3-15-38-23)26-17-28(34)33(30(26)35)22-10-8-21(9-11-22)29-31-25-14-7-20(2)16-27(25)39-29/h5-14,16,23,26H,3-4,15,17-18H2,1-2H3. The second-order valence-corrected chi connectivity index (χ2v) is 13.3. The molecule has 3 heterocycles. The SMILES string of the molecule is Cc1ccc(S(=O)(=O)N(CC2CCCO2)C2CC(=O)N(c3ccc(-c4nc5ccc(C)cc5s4)cc3)C2=O)cc1. The number of hydrogen-bond donors (Lipinski definition) is 0. The minimum Gasteiger partial charge on any atom is -0.377 e. The maximum absolute atomic E-state index is 13.8. The van der Waals surface area contributed by atoms with Crippen molar-refractivity contribution < 1.29 is 22.7 Å². The number of ether oxygens (including phenoxy) is 1. The summed E-state index contributed by atoms with van der Waals surface area (Å²) in [5.74, 6) is -0.989. The predicted molar refractivity (Wildman–Crippen MR) is 155 cm³/mol. The van der Waals surface area contributed by atoms with Gasteiger partial charge in [0, 0.05) is 18.7 Å². The lowest BCUT2D eigenvalue weighted by Crippen LogP contribution is -2.48. The van der Waals surface area contributed by atoms with Crippen LogP contribution >= 0.6 is 11.3 Å². The summed E-state index contributed by atoms with van der Waals surface area (Å²) in [5.41, 5.74) is 4.29. The average Bonchev–Trinajstić information content (AvgIpc) is 3.67. The maximum atomic E-state index is 13.8. The molecule has 2 aliphatic heterocycles. The van der Waals surface area contributed by atoms with Crippen molar-refractivity contribution in [3.63, 3.8) is 0 Å². The third kappa shape index (κ3) is 4.96. The molecule has 2 amide bonds. The second-order valence-electron chi connectivity index (χ2n) is 10.3. The van der Waals surface area contributed by atoms with E-state index in [1.54, 1.807) is 35.6 Å². The Bertz CT molecular complexity index is 1690. The molecular formula is C30H29N3O5S2. The number of hydrogen-bond acceptors (Lipinski definition) is 7. The number of fused-ring (bicyclic) bond motifs is 1. The third-order valence-electron chi connectivity index (χ3n) is 7.42. The van der Waals surface area contributed by atoms with Gasteiger partial charge in [-0.1, -0.05) is 23.8 Å². The predicted octanol–water partition coefficient (Wildman–Crippen LogP) is 5.08. The number of anilines is 1. The number of carbonyl (C=O) groups excluding carboxylic acids is 2. The summed E-state index contributed by atoms with van der Waals surface area (Å²) in [7, 11) is -4.06. The van der Waals surface area contributed by atoms with Gasteiger partial charge in [0.05, 0.1) is 33.3 Å². The topological polar surface area (TPSA) is 96.9 Å². The van der Waals surface area contributed by atoms with Gasteiger partial charge in [0.1, 0.15) is 11.0 Å². The van der Waals surface area contributed by atoms with Crippen LogP contribution in [-0.4, -0.2) is 54.8 Å². The number of imide groups is 1. The van der Waals surface area contributed by atoms with E-state index in [0.29, 0.717) is 18.7 Å². The Balaban J connectivity index is 1.29. The van der Waals surface area contributed by atoms with E-state index < -0.39 is 27.9 Å². The number of sulfonamides is 1. The number of thiazole rings is 1. The molecule has 0 bridgehead atoms. The molecule has 10 heteroatoms. The Hall–Kier alpha value is -3.44. The van der Waals surface area contributed by atoms with E-state index in [9.17, 15) is 18.0 Å². The zero-order chi connectivity index (χ0) is 28.0. The van der Waals surface area contributed by atoms with Crippen molar-refractivity contribution in [3.05, 3.63) is 77.9 Å². The van der Waals surface area contributed by atoms with Crippen LogP contribution in [0.15, 0.2) is 71.6 Å². The number of rotatable bonds is 7. The first-order chi connectivity index (χ1) is 19.2. The highest BCUT2D eigenvalue weighted by Gasteiger charge is 2.47. The summed E-state index contributed by atoms with van der Waals surface area (Å²) in [4.78, 5) is 32.8. The summed E-state index contributed by atoms with van der Waals surface area (Å²) in [6.45, 7) is 4.48. The molecule has 0 N–H and O–H groups in total. The third-order valence-corrected chi connectivity index (χ3v) is 10.4. The van der Waals surface area contributed by atoms with Gasteiger partial charge in [-0.3, -0.25) is 9.59 Å². The molecule has 8 nitrogen and oxygen atoms in total. The Kier molecular flexibility index (Phi) is 7.03. The molecule has 2 unspecified atom stereocenters. The van der Waals surface area contributed by atoms with Gasteiger partial charge < -0.3 is 4.74 Å². The molecule has 0 aliphatic carbocycles. The molecule has 2 aliphatic rings. The second kappa shape index (κ2) is 10.5. The zero-order valence-corrected chi connectivity index (χ0v) is 23.9. The molecule has 0 radical (unpaired) electrons. The van der Waals surface area contributed by atoms with Crippen molar-refractivity contribution in [1.29, 1.82) is 0 Å². The van der Waals surface area contributed by atoms with Crippen LogP contribution in [0, 0.1) is 13.8 Å². The highest BCUT2D eigenvalue weighted by molar-refractivity contribution is 7.89. The van der Waals surface area contributed by atoms with Crippen molar-refractivity contribution in [2.24, 2.45) is 0 Å². The van der Waals surface area contributed by atoms with E-state index >= 15 is 0 Å². The first-order valence-corrected chi connectivity index (χ1v) is 15.5. The lowest BCUT2D eigenvalue weighted by Gasteiger charge is -2.29. The van der Waals surface area contributed by atoms with Gasteiger partial charge >= 0.3 is 0 Å². The molecule has 40 heavy (non-hydrogen) atoms. The lowest BCUT2D eigenvalue weighted by atomic mass is 10.2. The molecule has 2 atom stereocenters. The number of carbonyl (C=O) groups is 2. The Morgan fingerprint density at radius 3 is 2.42 bits per heavy atom.